The zero-order valence-corrected chi connectivity index (χ0v) is 19.1. The third kappa shape index (κ3) is 3.95. The molecule has 3 aliphatic rings. The molecule has 7 nitrogen and oxygen atoms in total. The summed E-state index contributed by atoms with van der Waals surface area (Å²) in [7, 11) is 0. The van der Waals surface area contributed by atoms with Gasteiger partial charge in [0.05, 0.1) is 11.2 Å². The van der Waals surface area contributed by atoms with Crippen molar-refractivity contribution in [1.82, 2.24) is 19.8 Å². The van der Waals surface area contributed by atoms with Crippen LogP contribution < -0.4 is 15.1 Å². The van der Waals surface area contributed by atoms with Crippen LogP contribution in [0.1, 0.15) is 19.3 Å². The topological polar surface area (TPSA) is 56.1 Å². The molecule has 0 unspecified atom stereocenters. The lowest BCUT2D eigenvalue weighted by molar-refractivity contribution is -0.138. The molecule has 1 amide bonds. The van der Waals surface area contributed by atoms with Crippen LogP contribution in [0.25, 0.3) is 16.6 Å². The summed E-state index contributed by atoms with van der Waals surface area (Å²) in [4.78, 5) is 19.5. The summed E-state index contributed by atoms with van der Waals surface area (Å²) in [5.41, 5.74) is 6.00. The van der Waals surface area contributed by atoms with E-state index < -0.39 is 0 Å². The molecule has 172 valence electrons. The van der Waals surface area contributed by atoms with E-state index in [-0.39, 0.29) is 5.92 Å². The smallest absolute Gasteiger partial charge is 0.225 e. The Balaban J connectivity index is 1.19. The molecule has 4 heterocycles. The van der Waals surface area contributed by atoms with Gasteiger partial charge in [-0.1, -0.05) is 18.6 Å². The van der Waals surface area contributed by atoms with Gasteiger partial charge in [-0.25, -0.2) is 4.52 Å². The second-order valence-electron chi connectivity index (χ2n) is 9.50. The highest BCUT2D eigenvalue weighted by Gasteiger charge is 2.31. The Kier molecular flexibility index (Phi) is 5.42. The molecule has 1 aromatic carbocycles. The SMILES string of the molecule is O=C(C1CCC1)N1CCN(c2ccnn3cc(-c4ccc(N5CCNCC5)cc4)cc23)CC1. The van der Waals surface area contributed by atoms with Gasteiger partial charge in [0.2, 0.25) is 5.91 Å². The number of rotatable bonds is 4. The number of anilines is 2. The highest BCUT2D eigenvalue weighted by Crippen LogP contribution is 2.31. The summed E-state index contributed by atoms with van der Waals surface area (Å²) in [5.74, 6) is 0.658. The molecule has 6 rings (SSSR count). The standard InChI is InChI=1S/C26H32N6O/c33-26(21-2-1-3-21)31-16-14-30(15-17-31)24-8-9-28-32-19-22(18-25(24)32)20-4-6-23(7-5-20)29-12-10-27-11-13-29/h4-9,18-19,21,27H,1-3,10-17H2. The normalized spacial score (nSPS) is 19.7. The first kappa shape index (κ1) is 20.5. The number of nitrogens with one attached hydrogen (secondary N) is 1. The number of carbonyl (C=O) groups excluding carboxylic acids is 1. The molecular formula is C26H32N6O. The minimum absolute atomic E-state index is 0.287. The maximum absolute atomic E-state index is 12.6. The van der Waals surface area contributed by atoms with Gasteiger partial charge in [0.1, 0.15) is 0 Å². The van der Waals surface area contributed by atoms with Crippen molar-refractivity contribution in [2.45, 2.75) is 19.3 Å². The molecule has 7 heteroatoms. The first-order valence-corrected chi connectivity index (χ1v) is 12.3. The van der Waals surface area contributed by atoms with E-state index in [2.05, 4.69) is 67.7 Å². The van der Waals surface area contributed by atoms with Crippen LogP contribution in [0.5, 0.6) is 0 Å². The molecule has 0 atom stereocenters. The molecule has 33 heavy (non-hydrogen) atoms. The van der Waals surface area contributed by atoms with E-state index in [4.69, 9.17) is 0 Å². The third-order valence-electron chi connectivity index (χ3n) is 7.56. The fourth-order valence-corrected chi connectivity index (χ4v) is 5.29. The van der Waals surface area contributed by atoms with Crippen LogP contribution in [-0.2, 0) is 4.79 Å². The molecule has 0 bridgehead atoms. The van der Waals surface area contributed by atoms with E-state index >= 15 is 0 Å². The van der Waals surface area contributed by atoms with Gasteiger partial charge in [-0.05, 0) is 42.7 Å². The Labute approximate surface area is 195 Å². The van der Waals surface area contributed by atoms with Crippen molar-refractivity contribution in [3.05, 3.63) is 48.8 Å². The van der Waals surface area contributed by atoms with Gasteiger partial charge in [0, 0.05) is 81.9 Å². The molecule has 3 fully saturated rings. The zero-order chi connectivity index (χ0) is 22.2. The van der Waals surface area contributed by atoms with Gasteiger partial charge in [-0.15, -0.1) is 0 Å². The number of benzene rings is 1. The second-order valence-corrected chi connectivity index (χ2v) is 9.50. The summed E-state index contributed by atoms with van der Waals surface area (Å²) in [5, 5.41) is 7.98. The van der Waals surface area contributed by atoms with E-state index in [0.717, 1.165) is 70.7 Å². The van der Waals surface area contributed by atoms with Crippen LogP contribution in [0.3, 0.4) is 0 Å². The molecule has 1 aliphatic carbocycles. The van der Waals surface area contributed by atoms with Gasteiger partial charge >= 0.3 is 0 Å². The fourth-order valence-electron chi connectivity index (χ4n) is 5.29. The lowest BCUT2D eigenvalue weighted by Crippen LogP contribution is -2.51. The largest absolute Gasteiger partial charge is 0.369 e. The monoisotopic (exact) mass is 444 g/mol. The maximum Gasteiger partial charge on any atom is 0.225 e. The molecule has 2 saturated heterocycles. The number of piperazine rings is 2. The number of aromatic nitrogens is 2. The molecule has 3 aromatic rings. The van der Waals surface area contributed by atoms with Gasteiger partial charge in [-0.2, -0.15) is 5.10 Å². The highest BCUT2D eigenvalue weighted by molar-refractivity contribution is 5.82. The van der Waals surface area contributed by atoms with E-state index in [0.29, 0.717) is 5.91 Å². The van der Waals surface area contributed by atoms with E-state index in [1.807, 2.05) is 10.7 Å². The summed E-state index contributed by atoms with van der Waals surface area (Å²) >= 11 is 0. The summed E-state index contributed by atoms with van der Waals surface area (Å²) < 4.78 is 1.99. The number of hydrogen-bond donors (Lipinski definition) is 1. The second kappa shape index (κ2) is 8.71. The molecule has 0 radical (unpaired) electrons. The van der Waals surface area contributed by atoms with Crippen molar-refractivity contribution in [2.75, 3.05) is 62.2 Å². The predicted molar refractivity (Wildman–Crippen MR) is 132 cm³/mol. The maximum atomic E-state index is 12.6. The van der Waals surface area contributed by atoms with Gasteiger partial charge < -0.3 is 20.0 Å². The lowest BCUT2D eigenvalue weighted by atomic mass is 9.84. The van der Waals surface area contributed by atoms with Gasteiger partial charge in [0.15, 0.2) is 0 Å². The van der Waals surface area contributed by atoms with Crippen molar-refractivity contribution >= 4 is 22.8 Å². The Hall–Kier alpha value is -3.06. The average molecular weight is 445 g/mol. The third-order valence-corrected chi connectivity index (χ3v) is 7.56. The van der Waals surface area contributed by atoms with Crippen molar-refractivity contribution < 1.29 is 4.79 Å². The Morgan fingerprint density at radius 2 is 1.64 bits per heavy atom. The molecule has 2 aromatic heterocycles. The van der Waals surface area contributed by atoms with Crippen molar-refractivity contribution in [2.24, 2.45) is 5.92 Å². The Morgan fingerprint density at radius 3 is 2.33 bits per heavy atom. The van der Waals surface area contributed by atoms with Crippen LogP contribution in [0, 0.1) is 5.92 Å². The van der Waals surface area contributed by atoms with Gasteiger partial charge in [-0.3, -0.25) is 4.79 Å². The highest BCUT2D eigenvalue weighted by atomic mass is 16.2. The first-order valence-electron chi connectivity index (χ1n) is 12.3. The van der Waals surface area contributed by atoms with E-state index in [9.17, 15) is 4.79 Å². The van der Waals surface area contributed by atoms with Crippen molar-refractivity contribution in [3.8, 4) is 11.1 Å². The predicted octanol–water partition coefficient (Wildman–Crippen LogP) is 2.86. The molecule has 1 N–H and O–H groups in total. The summed E-state index contributed by atoms with van der Waals surface area (Å²) in [6, 6.07) is 13.3. The van der Waals surface area contributed by atoms with Crippen LogP contribution in [0.15, 0.2) is 48.8 Å². The number of amides is 1. The molecular weight excluding hydrogens is 412 g/mol. The first-order chi connectivity index (χ1) is 16.3. The minimum Gasteiger partial charge on any atom is -0.369 e. The fraction of sp³-hybridized carbons (Fsp3) is 0.462. The zero-order valence-electron chi connectivity index (χ0n) is 19.1. The molecule has 1 saturated carbocycles. The molecule has 0 spiro atoms. The van der Waals surface area contributed by atoms with Crippen LogP contribution >= 0.6 is 0 Å². The minimum atomic E-state index is 0.287. The van der Waals surface area contributed by atoms with Gasteiger partial charge in [0.25, 0.3) is 0 Å². The Morgan fingerprint density at radius 1 is 0.879 bits per heavy atom. The van der Waals surface area contributed by atoms with Crippen LogP contribution in [0.2, 0.25) is 0 Å². The van der Waals surface area contributed by atoms with E-state index in [1.54, 1.807) is 0 Å². The van der Waals surface area contributed by atoms with Crippen molar-refractivity contribution in [3.63, 3.8) is 0 Å². The van der Waals surface area contributed by atoms with Crippen LogP contribution in [-0.4, -0.2) is 72.8 Å². The molecule has 2 aliphatic heterocycles. The van der Waals surface area contributed by atoms with E-state index in [1.165, 1.54) is 28.9 Å². The summed E-state index contributed by atoms with van der Waals surface area (Å²) in [6.07, 6.45) is 7.36. The number of fused-ring (bicyclic) bond motifs is 1. The van der Waals surface area contributed by atoms with Crippen molar-refractivity contribution in [1.29, 1.82) is 0 Å². The Bertz CT molecular complexity index is 1120. The number of carbonyl (C=O) groups is 1. The average Bonchev–Trinajstić information content (AvgIpc) is 3.28. The lowest BCUT2D eigenvalue weighted by Gasteiger charge is -2.39. The summed E-state index contributed by atoms with van der Waals surface area (Å²) in [6.45, 7) is 7.57. The number of nitrogens with zero attached hydrogens (tertiary/aromatic N) is 5. The number of hydrogen-bond acceptors (Lipinski definition) is 5. The quantitative estimate of drug-likeness (QED) is 0.671. The van der Waals surface area contributed by atoms with Crippen LogP contribution in [0.4, 0.5) is 11.4 Å².